The van der Waals surface area contributed by atoms with Crippen molar-refractivity contribution in [1.82, 2.24) is 10.5 Å². The molecular formula is C14H15N3O2. The van der Waals surface area contributed by atoms with Crippen LogP contribution in [-0.4, -0.2) is 17.1 Å². The summed E-state index contributed by atoms with van der Waals surface area (Å²) < 4.78 is 4.99. The van der Waals surface area contributed by atoms with E-state index in [4.69, 9.17) is 4.52 Å². The third-order valence-corrected chi connectivity index (χ3v) is 3.27. The molecule has 1 aliphatic heterocycles. The second-order valence-electron chi connectivity index (χ2n) is 4.73. The highest BCUT2D eigenvalue weighted by Gasteiger charge is 2.24. The van der Waals surface area contributed by atoms with Gasteiger partial charge in [0, 0.05) is 12.6 Å². The van der Waals surface area contributed by atoms with Crippen LogP contribution < -0.4 is 10.6 Å². The fourth-order valence-electron chi connectivity index (χ4n) is 2.27. The van der Waals surface area contributed by atoms with Crippen molar-refractivity contribution < 1.29 is 9.32 Å². The smallest absolute Gasteiger partial charge is 0.244 e. The summed E-state index contributed by atoms with van der Waals surface area (Å²) in [7, 11) is 0. The van der Waals surface area contributed by atoms with E-state index in [2.05, 4.69) is 27.9 Å². The number of carbonyl (C=O) groups is 1. The zero-order valence-electron chi connectivity index (χ0n) is 10.6. The second-order valence-corrected chi connectivity index (χ2v) is 4.73. The van der Waals surface area contributed by atoms with Crippen LogP contribution in [0.5, 0.6) is 0 Å². The lowest BCUT2D eigenvalue weighted by Crippen LogP contribution is -2.44. The van der Waals surface area contributed by atoms with E-state index in [1.807, 2.05) is 19.1 Å². The number of nitrogens with zero attached hydrogens (tertiary/aromatic N) is 1. The molecule has 0 bridgehead atoms. The van der Waals surface area contributed by atoms with Gasteiger partial charge in [-0.1, -0.05) is 29.4 Å². The minimum atomic E-state index is -0.236. The van der Waals surface area contributed by atoms with Crippen LogP contribution in [0.15, 0.2) is 34.9 Å². The largest absolute Gasteiger partial charge is 0.338 e. The van der Waals surface area contributed by atoms with Crippen LogP contribution >= 0.6 is 0 Å². The maximum atomic E-state index is 12.1. The quantitative estimate of drug-likeness (QED) is 0.858. The summed E-state index contributed by atoms with van der Waals surface area (Å²) in [6.45, 7) is 2.53. The average molecular weight is 257 g/mol. The van der Waals surface area contributed by atoms with Crippen molar-refractivity contribution in [3.05, 3.63) is 47.2 Å². The molecule has 0 unspecified atom stereocenters. The van der Waals surface area contributed by atoms with Crippen molar-refractivity contribution in [2.24, 2.45) is 0 Å². The second kappa shape index (κ2) is 4.85. The van der Waals surface area contributed by atoms with Gasteiger partial charge in [-0.15, -0.1) is 0 Å². The van der Waals surface area contributed by atoms with Gasteiger partial charge in [-0.2, -0.15) is 0 Å². The van der Waals surface area contributed by atoms with Gasteiger partial charge in [-0.3, -0.25) is 10.1 Å². The number of fused-ring (bicyclic) bond motifs is 1. The van der Waals surface area contributed by atoms with E-state index in [1.165, 1.54) is 11.1 Å². The zero-order chi connectivity index (χ0) is 13.2. The van der Waals surface area contributed by atoms with Crippen molar-refractivity contribution in [2.75, 3.05) is 5.32 Å². The van der Waals surface area contributed by atoms with Gasteiger partial charge < -0.3 is 9.84 Å². The fourth-order valence-corrected chi connectivity index (χ4v) is 2.27. The first-order valence-electron chi connectivity index (χ1n) is 6.27. The molecule has 5 nitrogen and oxygen atoms in total. The number of aryl methyl sites for hydroxylation is 1. The Balaban J connectivity index is 1.69. The Labute approximate surface area is 111 Å². The van der Waals surface area contributed by atoms with Crippen LogP contribution in [0.4, 0.5) is 5.88 Å². The lowest BCUT2D eigenvalue weighted by atomic mass is 9.95. The first-order chi connectivity index (χ1) is 9.22. The minimum absolute atomic E-state index is 0.0920. The Morgan fingerprint density at radius 3 is 2.95 bits per heavy atom. The zero-order valence-corrected chi connectivity index (χ0v) is 10.6. The summed E-state index contributed by atoms with van der Waals surface area (Å²) in [5, 5.41) is 9.70. The van der Waals surface area contributed by atoms with E-state index in [0.717, 1.165) is 5.69 Å². The Bertz CT molecular complexity index is 606. The summed E-state index contributed by atoms with van der Waals surface area (Å²) >= 11 is 0. The maximum Gasteiger partial charge on any atom is 0.244 e. The molecule has 1 amide bonds. The molecule has 1 atom stereocenters. The van der Waals surface area contributed by atoms with Crippen molar-refractivity contribution >= 4 is 11.8 Å². The molecule has 0 aliphatic carbocycles. The molecule has 1 aromatic heterocycles. The molecule has 1 aromatic carbocycles. The maximum absolute atomic E-state index is 12.1. The van der Waals surface area contributed by atoms with Gasteiger partial charge in [0.25, 0.3) is 0 Å². The highest BCUT2D eigenvalue weighted by molar-refractivity contribution is 5.94. The standard InChI is InChI=1S/C14H15N3O2/c1-9-6-13(19-17-9)16-14(18)12-7-10-4-2-3-5-11(10)8-15-12/h2-6,12,15H,7-8H2,1H3,(H,16,18)/t12-/m0/s1. The Morgan fingerprint density at radius 2 is 2.21 bits per heavy atom. The molecular weight excluding hydrogens is 242 g/mol. The molecule has 2 N–H and O–H groups in total. The van der Waals surface area contributed by atoms with Crippen LogP contribution in [0.3, 0.4) is 0 Å². The van der Waals surface area contributed by atoms with Crippen LogP contribution in [0, 0.1) is 6.92 Å². The van der Waals surface area contributed by atoms with Gasteiger partial charge >= 0.3 is 0 Å². The summed E-state index contributed by atoms with van der Waals surface area (Å²) in [4.78, 5) is 12.1. The Morgan fingerprint density at radius 1 is 1.42 bits per heavy atom. The first kappa shape index (κ1) is 11.9. The van der Waals surface area contributed by atoms with E-state index in [0.29, 0.717) is 18.8 Å². The van der Waals surface area contributed by atoms with E-state index in [-0.39, 0.29) is 11.9 Å². The van der Waals surface area contributed by atoms with Gasteiger partial charge in [0.2, 0.25) is 11.8 Å². The van der Waals surface area contributed by atoms with Crippen molar-refractivity contribution in [3.8, 4) is 0 Å². The Kier molecular flexibility index (Phi) is 3.05. The number of hydrogen-bond donors (Lipinski definition) is 2. The van der Waals surface area contributed by atoms with Gasteiger partial charge in [0.05, 0.1) is 11.7 Å². The number of aromatic nitrogens is 1. The van der Waals surface area contributed by atoms with Crippen molar-refractivity contribution in [1.29, 1.82) is 0 Å². The van der Waals surface area contributed by atoms with Crippen LogP contribution in [0.1, 0.15) is 16.8 Å². The predicted molar refractivity (Wildman–Crippen MR) is 70.6 cm³/mol. The van der Waals surface area contributed by atoms with Crippen LogP contribution in [0.25, 0.3) is 0 Å². The third-order valence-electron chi connectivity index (χ3n) is 3.27. The van der Waals surface area contributed by atoms with Crippen molar-refractivity contribution in [3.63, 3.8) is 0 Å². The lowest BCUT2D eigenvalue weighted by Gasteiger charge is -2.24. The number of amides is 1. The highest BCUT2D eigenvalue weighted by Crippen LogP contribution is 2.17. The molecule has 5 heteroatoms. The predicted octanol–water partition coefficient (Wildman–Crippen LogP) is 1.64. The molecule has 0 spiro atoms. The van der Waals surface area contributed by atoms with E-state index in [9.17, 15) is 4.79 Å². The summed E-state index contributed by atoms with van der Waals surface area (Å²) in [6.07, 6.45) is 0.690. The molecule has 0 saturated heterocycles. The summed E-state index contributed by atoms with van der Waals surface area (Å²) in [6, 6.07) is 9.62. The molecule has 19 heavy (non-hydrogen) atoms. The molecule has 0 saturated carbocycles. The molecule has 2 heterocycles. The number of nitrogens with one attached hydrogen (secondary N) is 2. The first-order valence-corrected chi connectivity index (χ1v) is 6.27. The molecule has 0 radical (unpaired) electrons. The summed E-state index contributed by atoms with van der Waals surface area (Å²) in [5.41, 5.74) is 3.22. The van der Waals surface area contributed by atoms with Gasteiger partial charge in [-0.25, -0.2) is 0 Å². The number of hydrogen-bond acceptors (Lipinski definition) is 4. The third kappa shape index (κ3) is 2.51. The summed E-state index contributed by atoms with van der Waals surface area (Å²) in [5.74, 6) is 0.300. The van der Waals surface area contributed by atoms with Crippen LogP contribution in [0.2, 0.25) is 0 Å². The number of carbonyl (C=O) groups excluding carboxylic acids is 1. The van der Waals surface area contributed by atoms with Gasteiger partial charge in [-0.05, 0) is 24.5 Å². The van der Waals surface area contributed by atoms with Crippen LogP contribution in [-0.2, 0) is 17.8 Å². The molecule has 0 fully saturated rings. The molecule has 3 rings (SSSR count). The molecule has 2 aromatic rings. The SMILES string of the molecule is Cc1cc(NC(=O)[C@@H]2Cc3ccccc3CN2)on1. The minimum Gasteiger partial charge on any atom is -0.338 e. The topological polar surface area (TPSA) is 67.2 Å². The highest BCUT2D eigenvalue weighted by atomic mass is 16.5. The van der Waals surface area contributed by atoms with Gasteiger partial charge in [0.1, 0.15) is 0 Å². The van der Waals surface area contributed by atoms with Gasteiger partial charge in [0.15, 0.2) is 0 Å². The average Bonchev–Trinajstić information content (AvgIpc) is 2.83. The fraction of sp³-hybridized carbons (Fsp3) is 0.286. The monoisotopic (exact) mass is 257 g/mol. The van der Waals surface area contributed by atoms with Crippen molar-refractivity contribution in [2.45, 2.75) is 25.9 Å². The Hall–Kier alpha value is -2.14. The molecule has 98 valence electrons. The lowest BCUT2D eigenvalue weighted by molar-refractivity contribution is -0.118. The number of benzene rings is 1. The van der Waals surface area contributed by atoms with E-state index in [1.54, 1.807) is 6.07 Å². The number of anilines is 1. The normalized spacial score (nSPS) is 17.8. The molecule has 1 aliphatic rings. The van der Waals surface area contributed by atoms with E-state index < -0.39 is 0 Å². The van der Waals surface area contributed by atoms with E-state index >= 15 is 0 Å². The number of rotatable bonds is 2.